The highest BCUT2D eigenvalue weighted by atomic mass is 16.5. The van der Waals surface area contributed by atoms with E-state index in [0.717, 1.165) is 18.3 Å². The fraction of sp³-hybridized carbons (Fsp3) is 1.00. The third-order valence-corrected chi connectivity index (χ3v) is 6.06. The lowest BCUT2D eigenvalue weighted by Gasteiger charge is -2.34. The number of likely N-dealkylation sites (N-methyl/N-ethyl adjacent to an activating group) is 1. The molecule has 1 heterocycles. The van der Waals surface area contributed by atoms with Crippen molar-refractivity contribution in [2.24, 2.45) is 11.8 Å². The summed E-state index contributed by atoms with van der Waals surface area (Å²) in [5.41, 5.74) is 0. The van der Waals surface area contributed by atoms with Gasteiger partial charge in [-0.15, -0.1) is 0 Å². The van der Waals surface area contributed by atoms with Crippen molar-refractivity contribution >= 4 is 0 Å². The van der Waals surface area contributed by atoms with E-state index in [0.29, 0.717) is 12.2 Å². The van der Waals surface area contributed by atoms with Crippen LogP contribution in [0.15, 0.2) is 0 Å². The van der Waals surface area contributed by atoms with Crippen LogP contribution in [0.2, 0.25) is 0 Å². The minimum atomic E-state index is 0.444. The summed E-state index contributed by atoms with van der Waals surface area (Å²) in [6, 6.07) is 0. The van der Waals surface area contributed by atoms with Gasteiger partial charge in [0.05, 0.1) is 12.2 Å². The van der Waals surface area contributed by atoms with E-state index in [4.69, 9.17) is 4.74 Å². The summed E-state index contributed by atoms with van der Waals surface area (Å²) in [5.74, 6) is 1.83. The SMILES string of the molecule is CCC(C)OC1CCC(CC(C)CCN2CCN(C)CC2)CC1. The molecule has 0 N–H and O–H groups in total. The molecule has 2 atom stereocenters. The molecule has 1 aliphatic heterocycles. The zero-order valence-corrected chi connectivity index (χ0v) is 16.1. The van der Waals surface area contributed by atoms with Gasteiger partial charge in [-0.3, -0.25) is 0 Å². The van der Waals surface area contributed by atoms with Gasteiger partial charge >= 0.3 is 0 Å². The highest BCUT2D eigenvalue weighted by molar-refractivity contribution is 4.76. The zero-order chi connectivity index (χ0) is 16.7. The Bertz CT molecular complexity index is 307. The first-order valence-electron chi connectivity index (χ1n) is 10.1. The summed E-state index contributed by atoms with van der Waals surface area (Å²) >= 11 is 0. The van der Waals surface area contributed by atoms with Crippen molar-refractivity contribution < 1.29 is 4.74 Å². The topological polar surface area (TPSA) is 15.7 Å². The molecule has 0 spiro atoms. The number of ether oxygens (including phenoxy) is 1. The van der Waals surface area contributed by atoms with Crippen molar-refractivity contribution in [3.05, 3.63) is 0 Å². The Labute approximate surface area is 144 Å². The van der Waals surface area contributed by atoms with Crippen LogP contribution in [-0.2, 0) is 4.74 Å². The summed E-state index contributed by atoms with van der Waals surface area (Å²) in [6.45, 7) is 13.2. The number of nitrogens with zero attached hydrogens (tertiary/aromatic N) is 2. The summed E-state index contributed by atoms with van der Waals surface area (Å²) in [7, 11) is 2.24. The minimum absolute atomic E-state index is 0.444. The Morgan fingerprint density at radius 3 is 2.26 bits per heavy atom. The molecule has 2 rings (SSSR count). The molecule has 3 nitrogen and oxygen atoms in total. The molecule has 0 amide bonds. The van der Waals surface area contributed by atoms with Crippen molar-refractivity contribution in [1.82, 2.24) is 9.80 Å². The molecule has 2 fully saturated rings. The van der Waals surface area contributed by atoms with E-state index >= 15 is 0 Å². The van der Waals surface area contributed by atoms with Crippen LogP contribution in [0.4, 0.5) is 0 Å². The molecular weight excluding hydrogens is 284 g/mol. The third-order valence-electron chi connectivity index (χ3n) is 6.06. The van der Waals surface area contributed by atoms with E-state index in [1.807, 2.05) is 0 Å². The number of hydrogen-bond donors (Lipinski definition) is 0. The average Bonchev–Trinajstić information content (AvgIpc) is 2.56. The second-order valence-electron chi connectivity index (χ2n) is 8.27. The maximum Gasteiger partial charge on any atom is 0.0579 e. The van der Waals surface area contributed by atoms with Crippen LogP contribution in [0.5, 0.6) is 0 Å². The minimum Gasteiger partial charge on any atom is -0.375 e. The van der Waals surface area contributed by atoms with Crippen molar-refractivity contribution in [2.45, 2.75) is 77.9 Å². The normalized spacial score (nSPS) is 30.3. The van der Waals surface area contributed by atoms with Gasteiger partial charge < -0.3 is 14.5 Å². The second-order valence-corrected chi connectivity index (χ2v) is 8.27. The van der Waals surface area contributed by atoms with E-state index in [1.54, 1.807) is 0 Å². The quantitative estimate of drug-likeness (QED) is 0.670. The van der Waals surface area contributed by atoms with Gasteiger partial charge in [0.2, 0.25) is 0 Å². The summed E-state index contributed by atoms with van der Waals surface area (Å²) in [6.07, 6.45) is 10.3. The van der Waals surface area contributed by atoms with E-state index in [9.17, 15) is 0 Å². The zero-order valence-electron chi connectivity index (χ0n) is 16.1. The van der Waals surface area contributed by atoms with Gasteiger partial charge in [0, 0.05) is 26.2 Å². The van der Waals surface area contributed by atoms with Gasteiger partial charge in [-0.1, -0.05) is 13.8 Å². The van der Waals surface area contributed by atoms with E-state index in [-0.39, 0.29) is 0 Å². The molecule has 3 heteroatoms. The Kier molecular flexibility index (Phi) is 8.35. The molecule has 1 aliphatic carbocycles. The van der Waals surface area contributed by atoms with Gasteiger partial charge in [0.15, 0.2) is 0 Å². The van der Waals surface area contributed by atoms with E-state index in [1.165, 1.54) is 71.2 Å². The number of piperazine rings is 1. The first-order valence-corrected chi connectivity index (χ1v) is 10.1. The molecule has 23 heavy (non-hydrogen) atoms. The molecule has 1 saturated carbocycles. The molecule has 136 valence electrons. The first kappa shape index (κ1) is 19.2. The fourth-order valence-electron chi connectivity index (χ4n) is 4.09. The Balaban J connectivity index is 1.56. The highest BCUT2D eigenvalue weighted by Gasteiger charge is 2.24. The lowest BCUT2D eigenvalue weighted by atomic mass is 9.81. The molecule has 0 aromatic carbocycles. The molecule has 0 bridgehead atoms. The molecule has 0 aromatic rings. The van der Waals surface area contributed by atoms with Crippen LogP contribution in [-0.4, -0.2) is 61.8 Å². The number of hydrogen-bond acceptors (Lipinski definition) is 3. The molecule has 0 radical (unpaired) electrons. The Hall–Kier alpha value is -0.120. The maximum absolute atomic E-state index is 6.12. The largest absolute Gasteiger partial charge is 0.375 e. The smallest absolute Gasteiger partial charge is 0.0579 e. The van der Waals surface area contributed by atoms with E-state index < -0.39 is 0 Å². The van der Waals surface area contributed by atoms with Crippen LogP contribution in [0.25, 0.3) is 0 Å². The van der Waals surface area contributed by atoms with Gasteiger partial charge in [0.1, 0.15) is 0 Å². The summed E-state index contributed by atoms with van der Waals surface area (Å²) < 4.78 is 6.12. The molecule has 2 aliphatic rings. The summed E-state index contributed by atoms with van der Waals surface area (Å²) in [5, 5.41) is 0. The Morgan fingerprint density at radius 2 is 1.65 bits per heavy atom. The lowest BCUT2D eigenvalue weighted by molar-refractivity contribution is -0.0307. The van der Waals surface area contributed by atoms with Crippen molar-refractivity contribution in [3.8, 4) is 0 Å². The third kappa shape index (κ3) is 7.11. The predicted molar refractivity (Wildman–Crippen MR) is 98.9 cm³/mol. The average molecular weight is 325 g/mol. The van der Waals surface area contributed by atoms with Crippen LogP contribution >= 0.6 is 0 Å². The lowest BCUT2D eigenvalue weighted by Crippen LogP contribution is -2.44. The number of rotatable bonds is 8. The first-order chi connectivity index (χ1) is 11.1. The van der Waals surface area contributed by atoms with Crippen LogP contribution in [0.1, 0.15) is 65.7 Å². The van der Waals surface area contributed by atoms with Crippen molar-refractivity contribution in [1.29, 1.82) is 0 Å². The molecule has 2 unspecified atom stereocenters. The van der Waals surface area contributed by atoms with Crippen LogP contribution in [0, 0.1) is 11.8 Å². The van der Waals surface area contributed by atoms with Crippen molar-refractivity contribution in [2.75, 3.05) is 39.8 Å². The molecule has 1 saturated heterocycles. The van der Waals surface area contributed by atoms with Crippen LogP contribution < -0.4 is 0 Å². The maximum atomic E-state index is 6.12. The van der Waals surface area contributed by atoms with E-state index in [2.05, 4.69) is 37.6 Å². The standard InChI is InChI=1S/C20H40N2O/c1-5-18(3)23-20-8-6-19(7-9-20)16-17(2)10-11-22-14-12-21(4)13-15-22/h17-20H,5-16H2,1-4H3. The van der Waals surface area contributed by atoms with Gasteiger partial charge in [-0.25, -0.2) is 0 Å². The van der Waals surface area contributed by atoms with Crippen LogP contribution in [0.3, 0.4) is 0 Å². The monoisotopic (exact) mass is 324 g/mol. The molecular formula is C20H40N2O. The highest BCUT2D eigenvalue weighted by Crippen LogP contribution is 2.32. The second kappa shape index (κ2) is 10.0. The van der Waals surface area contributed by atoms with Gasteiger partial charge in [-0.2, -0.15) is 0 Å². The fourth-order valence-corrected chi connectivity index (χ4v) is 4.09. The molecule has 0 aromatic heterocycles. The summed E-state index contributed by atoms with van der Waals surface area (Å²) in [4.78, 5) is 5.10. The Morgan fingerprint density at radius 1 is 1.00 bits per heavy atom. The van der Waals surface area contributed by atoms with Crippen molar-refractivity contribution in [3.63, 3.8) is 0 Å². The van der Waals surface area contributed by atoms with Gasteiger partial charge in [-0.05, 0) is 77.3 Å². The predicted octanol–water partition coefficient (Wildman–Crippen LogP) is 4.02. The van der Waals surface area contributed by atoms with Gasteiger partial charge in [0.25, 0.3) is 0 Å².